The number of carbonyl (C=O) groups excluding carboxylic acids is 1. The van der Waals surface area contributed by atoms with Crippen LogP contribution in [0.15, 0.2) is 18.2 Å². The van der Waals surface area contributed by atoms with Crippen LogP contribution in [0.25, 0.3) is 0 Å². The molecule has 0 spiro atoms. The molecule has 21 heavy (non-hydrogen) atoms. The molecule has 0 bridgehead atoms. The number of anilines is 2. The highest BCUT2D eigenvalue weighted by molar-refractivity contribution is 6.34. The van der Waals surface area contributed by atoms with Crippen LogP contribution in [-0.4, -0.2) is 30.4 Å². The normalized spacial score (nSPS) is 20.0. The first kappa shape index (κ1) is 16.1. The molecule has 1 aliphatic rings. The maximum absolute atomic E-state index is 12.0. The Kier molecular flexibility index (Phi) is 5.88. The molecule has 0 aliphatic carbocycles. The first-order valence-corrected chi connectivity index (χ1v) is 7.99. The van der Waals surface area contributed by atoms with Crippen LogP contribution in [0.3, 0.4) is 0 Å². The quantitative estimate of drug-likeness (QED) is 0.838. The van der Waals surface area contributed by atoms with E-state index >= 15 is 0 Å². The SMILES string of the molecule is CC1CCCN(CCC(=O)Nc2ccc(N)cc2Cl)CC1. The molecule has 116 valence electrons. The maximum Gasteiger partial charge on any atom is 0.225 e. The Labute approximate surface area is 131 Å². The largest absolute Gasteiger partial charge is 0.399 e. The highest BCUT2D eigenvalue weighted by Gasteiger charge is 2.15. The van der Waals surface area contributed by atoms with Gasteiger partial charge in [0.1, 0.15) is 0 Å². The third-order valence-electron chi connectivity index (χ3n) is 4.03. The van der Waals surface area contributed by atoms with Crippen LogP contribution in [0.2, 0.25) is 5.02 Å². The third-order valence-corrected chi connectivity index (χ3v) is 4.34. The van der Waals surface area contributed by atoms with Crippen molar-refractivity contribution in [3.63, 3.8) is 0 Å². The average Bonchev–Trinajstić information content (AvgIpc) is 2.64. The average molecular weight is 310 g/mol. The lowest BCUT2D eigenvalue weighted by atomic mass is 10.0. The summed E-state index contributed by atoms with van der Waals surface area (Å²) >= 11 is 6.05. The minimum absolute atomic E-state index is 0.000957. The van der Waals surface area contributed by atoms with Crippen LogP contribution >= 0.6 is 11.6 Å². The molecule has 1 amide bonds. The van der Waals surface area contributed by atoms with Gasteiger partial charge in [0.25, 0.3) is 0 Å². The number of hydrogen-bond acceptors (Lipinski definition) is 3. The second kappa shape index (κ2) is 7.66. The second-order valence-electron chi connectivity index (χ2n) is 5.92. The number of benzene rings is 1. The summed E-state index contributed by atoms with van der Waals surface area (Å²) in [6.07, 6.45) is 4.25. The first-order valence-electron chi connectivity index (χ1n) is 7.62. The standard InChI is InChI=1S/C16H24ClN3O/c1-12-3-2-8-20(9-6-12)10-7-16(21)19-15-5-4-13(18)11-14(15)17/h4-5,11-12H,2-3,6-10,18H2,1H3,(H,19,21). The van der Waals surface area contributed by atoms with Crippen molar-refractivity contribution in [3.8, 4) is 0 Å². The maximum atomic E-state index is 12.0. The molecule has 0 saturated carbocycles. The molecular weight excluding hydrogens is 286 g/mol. The zero-order valence-corrected chi connectivity index (χ0v) is 13.3. The van der Waals surface area contributed by atoms with E-state index in [1.54, 1.807) is 18.2 Å². The lowest BCUT2D eigenvalue weighted by Gasteiger charge is -2.19. The number of nitrogens with zero attached hydrogens (tertiary/aromatic N) is 1. The molecule has 3 N–H and O–H groups in total. The molecule has 1 saturated heterocycles. The second-order valence-corrected chi connectivity index (χ2v) is 6.32. The molecule has 1 atom stereocenters. The monoisotopic (exact) mass is 309 g/mol. The Hall–Kier alpha value is -1.26. The summed E-state index contributed by atoms with van der Waals surface area (Å²) in [5, 5.41) is 3.33. The molecule has 1 aromatic rings. The van der Waals surface area contributed by atoms with Crippen molar-refractivity contribution in [2.24, 2.45) is 5.92 Å². The Morgan fingerprint density at radius 1 is 1.43 bits per heavy atom. The van der Waals surface area contributed by atoms with Crippen molar-refractivity contribution >= 4 is 28.9 Å². The van der Waals surface area contributed by atoms with Crippen LogP contribution in [0.4, 0.5) is 11.4 Å². The number of hydrogen-bond donors (Lipinski definition) is 2. The van der Waals surface area contributed by atoms with E-state index in [0.29, 0.717) is 22.8 Å². The van der Waals surface area contributed by atoms with Gasteiger partial charge in [0.2, 0.25) is 5.91 Å². The molecule has 1 heterocycles. The van der Waals surface area contributed by atoms with Crippen LogP contribution in [-0.2, 0) is 4.79 Å². The number of amides is 1. The molecule has 0 radical (unpaired) electrons. The molecule has 1 fully saturated rings. The Morgan fingerprint density at radius 2 is 2.24 bits per heavy atom. The zero-order chi connectivity index (χ0) is 15.2. The summed E-state index contributed by atoms with van der Waals surface area (Å²) in [6, 6.07) is 5.12. The fourth-order valence-corrected chi connectivity index (χ4v) is 2.89. The van der Waals surface area contributed by atoms with Crippen molar-refractivity contribution in [1.82, 2.24) is 4.90 Å². The predicted molar refractivity (Wildman–Crippen MR) is 88.6 cm³/mol. The van der Waals surface area contributed by atoms with Crippen LogP contribution in [0.1, 0.15) is 32.6 Å². The zero-order valence-electron chi connectivity index (χ0n) is 12.6. The fourth-order valence-electron chi connectivity index (χ4n) is 2.65. The molecule has 2 rings (SSSR count). The van der Waals surface area contributed by atoms with Gasteiger partial charge in [-0.15, -0.1) is 0 Å². The highest BCUT2D eigenvalue weighted by atomic mass is 35.5. The molecule has 1 aliphatic heterocycles. The summed E-state index contributed by atoms with van der Waals surface area (Å²) in [5.74, 6) is 0.802. The van der Waals surface area contributed by atoms with Gasteiger partial charge in [-0.2, -0.15) is 0 Å². The van der Waals surface area contributed by atoms with Gasteiger partial charge in [-0.05, 0) is 56.5 Å². The molecule has 1 aromatic carbocycles. The summed E-state index contributed by atoms with van der Waals surface area (Å²) in [5.41, 5.74) is 6.86. The van der Waals surface area contributed by atoms with E-state index in [1.165, 1.54) is 19.3 Å². The topological polar surface area (TPSA) is 58.4 Å². The molecule has 1 unspecified atom stereocenters. The van der Waals surface area contributed by atoms with Gasteiger partial charge >= 0.3 is 0 Å². The van der Waals surface area contributed by atoms with Crippen molar-refractivity contribution < 1.29 is 4.79 Å². The number of nitrogens with one attached hydrogen (secondary N) is 1. The highest BCUT2D eigenvalue weighted by Crippen LogP contribution is 2.24. The van der Waals surface area contributed by atoms with Gasteiger partial charge in [0.05, 0.1) is 10.7 Å². The van der Waals surface area contributed by atoms with Gasteiger partial charge in [-0.3, -0.25) is 4.79 Å². The number of nitrogens with two attached hydrogens (primary N) is 1. The minimum atomic E-state index is -0.000957. The lowest BCUT2D eigenvalue weighted by Crippen LogP contribution is -2.29. The fraction of sp³-hybridized carbons (Fsp3) is 0.562. The van der Waals surface area contributed by atoms with Crippen LogP contribution in [0.5, 0.6) is 0 Å². The van der Waals surface area contributed by atoms with E-state index in [0.717, 1.165) is 25.6 Å². The number of nitrogen functional groups attached to an aromatic ring is 1. The van der Waals surface area contributed by atoms with Gasteiger partial charge in [0, 0.05) is 18.7 Å². The van der Waals surface area contributed by atoms with Crippen LogP contribution in [0, 0.1) is 5.92 Å². The summed E-state index contributed by atoms with van der Waals surface area (Å²) in [4.78, 5) is 14.4. The van der Waals surface area contributed by atoms with Crippen molar-refractivity contribution in [2.45, 2.75) is 32.6 Å². The predicted octanol–water partition coefficient (Wildman–Crippen LogP) is 3.37. The van der Waals surface area contributed by atoms with E-state index in [4.69, 9.17) is 17.3 Å². The van der Waals surface area contributed by atoms with Gasteiger partial charge < -0.3 is 16.0 Å². The number of halogens is 1. The Bertz CT molecular complexity index is 492. The Balaban J connectivity index is 1.79. The van der Waals surface area contributed by atoms with E-state index in [1.807, 2.05) is 0 Å². The summed E-state index contributed by atoms with van der Waals surface area (Å²) in [7, 11) is 0. The van der Waals surface area contributed by atoms with Gasteiger partial charge in [-0.25, -0.2) is 0 Å². The van der Waals surface area contributed by atoms with Crippen molar-refractivity contribution in [1.29, 1.82) is 0 Å². The summed E-state index contributed by atoms with van der Waals surface area (Å²) < 4.78 is 0. The van der Waals surface area contributed by atoms with Gasteiger partial charge in [0.15, 0.2) is 0 Å². The Morgan fingerprint density at radius 3 is 3.00 bits per heavy atom. The van der Waals surface area contributed by atoms with Crippen LogP contribution < -0.4 is 11.1 Å². The summed E-state index contributed by atoms with van der Waals surface area (Å²) in [6.45, 7) is 5.31. The van der Waals surface area contributed by atoms with E-state index in [-0.39, 0.29) is 5.91 Å². The van der Waals surface area contributed by atoms with E-state index in [2.05, 4.69) is 17.1 Å². The number of carbonyl (C=O) groups is 1. The smallest absolute Gasteiger partial charge is 0.225 e. The van der Waals surface area contributed by atoms with Gasteiger partial charge in [-0.1, -0.05) is 18.5 Å². The first-order chi connectivity index (χ1) is 10.0. The van der Waals surface area contributed by atoms with Crippen molar-refractivity contribution in [2.75, 3.05) is 30.7 Å². The molecule has 4 nitrogen and oxygen atoms in total. The minimum Gasteiger partial charge on any atom is -0.399 e. The van der Waals surface area contributed by atoms with E-state index in [9.17, 15) is 4.79 Å². The van der Waals surface area contributed by atoms with Crippen molar-refractivity contribution in [3.05, 3.63) is 23.2 Å². The molecule has 5 heteroatoms. The lowest BCUT2D eigenvalue weighted by molar-refractivity contribution is -0.116. The number of likely N-dealkylation sites (tertiary alicyclic amines) is 1. The molecule has 0 aromatic heterocycles. The van der Waals surface area contributed by atoms with E-state index < -0.39 is 0 Å². The molecular formula is C16H24ClN3O. The third kappa shape index (κ3) is 5.21. The number of rotatable bonds is 4.